The number of halogens is 3. The maximum absolute atomic E-state index is 11.6. The Morgan fingerprint density at radius 1 is 1.40 bits per heavy atom. The van der Waals surface area contributed by atoms with Gasteiger partial charge >= 0.3 is 6.18 Å². The summed E-state index contributed by atoms with van der Waals surface area (Å²) in [7, 11) is 0. The van der Waals surface area contributed by atoms with E-state index in [1.807, 2.05) is 13.8 Å². The molecule has 0 saturated carbocycles. The van der Waals surface area contributed by atoms with Gasteiger partial charge in [0.1, 0.15) is 12.4 Å². The lowest BCUT2D eigenvalue weighted by atomic mass is 10.0. The Labute approximate surface area is 87.8 Å². The number of hydrogen-bond acceptors (Lipinski definition) is 2. The second-order valence-electron chi connectivity index (χ2n) is 3.67. The smallest absolute Gasteiger partial charge is 0.372 e. The molecule has 0 aromatic rings. The van der Waals surface area contributed by atoms with Gasteiger partial charge in [0.2, 0.25) is 0 Å². The molecule has 5 heteroatoms. The minimum absolute atomic E-state index is 0.0356. The average molecular weight is 226 g/mol. The van der Waals surface area contributed by atoms with Gasteiger partial charge in [0.05, 0.1) is 6.61 Å². The van der Waals surface area contributed by atoms with Crippen LogP contribution >= 0.6 is 0 Å². The van der Waals surface area contributed by atoms with E-state index in [2.05, 4.69) is 4.74 Å². The van der Waals surface area contributed by atoms with E-state index in [-0.39, 0.29) is 18.8 Å². The highest BCUT2D eigenvalue weighted by Gasteiger charge is 2.27. The van der Waals surface area contributed by atoms with Gasteiger partial charge in [-0.15, -0.1) is 0 Å². The third-order valence-electron chi connectivity index (χ3n) is 2.06. The second-order valence-corrected chi connectivity index (χ2v) is 3.67. The van der Waals surface area contributed by atoms with Crippen LogP contribution in [-0.4, -0.2) is 25.2 Å². The van der Waals surface area contributed by atoms with Gasteiger partial charge in [-0.25, -0.2) is 0 Å². The molecule has 0 aromatic heterocycles. The van der Waals surface area contributed by atoms with Crippen LogP contribution in [0, 0.1) is 5.92 Å². The lowest BCUT2D eigenvalue weighted by Crippen LogP contribution is -2.18. The maximum Gasteiger partial charge on any atom is 0.411 e. The number of ketones is 1. The highest BCUT2D eigenvalue weighted by atomic mass is 19.4. The molecule has 1 atom stereocenters. The van der Waals surface area contributed by atoms with E-state index in [1.54, 1.807) is 0 Å². The van der Waals surface area contributed by atoms with Crippen LogP contribution < -0.4 is 0 Å². The van der Waals surface area contributed by atoms with Gasteiger partial charge in [-0.05, 0) is 5.92 Å². The summed E-state index contributed by atoms with van der Waals surface area (Å²) in [5, 5.41) is 0. The van der Waals surface area contributed by atoms with Crippen molar-refractivity contribution in [1.29, 1.82) is 0 Å². The van der Waals surface area contributed by atoms with Crippen LogP contribution in [0.5, 0.6) is 0 Å². The summed E-state index contributed by atoms with van der Waals surface area (Å²) in [5.74, 6) is 0.256. The summed E-state index contributed by atoms with van der Waals surface area (Å²) < 4.78 is 39.2. The van der Waals surface area contributed by atoms with Crippen molar-refractivity contribution < 1.29 is 22.7 Å². The predicted octanol–water partition coefficient (Wildman–Crippen LogP) is 2.96. The first-order chi connectivity index (χ1) is 6.85. The molecule has 0 radical (unpaired) electrons. The molecule has 1 unspecified atom stereocenters. The largest absolute Gasteiger partial charge is 0.411 e. The van der Waals surface area contributed by atoms with Gasteiger partial charge in [0, 0.05) is 12.8 Å². The van der Waals surface area contributed by atoms with Crippen molar-refractivity contribution in [2.45, 2.75) is 39.3 Å². The van der Waals surface area contributed by atoms with Crippen LogP contribution in [0.4, 0.5) is 13.2 Å². The van der Waals surface area contributed by atoms with Crippen LogP contribution in [0.25, 0.3) is 0 Å². The molecule has 0 aliphatic heterocycles. The van der Waals surface area contributed by atoms with Gasteiger partial charge < -0.3 is 4.74 Å². The third-order valence-corrected chi connectivity index (χ3v) is 2.06. The second kappa shape index (κ2) is 6.82. The normalized spacial score (nSPS) is 13.9. The number of ether oxygens (including phenoxy) is 1. The van der Waals surface area contributed by atoms with Crippen molar-refractivity contribution in [3.63, 3.8) is 0 Å². The summed E-state index contributed by atoms with van der Waals surface area (Å²) in [4.78, 5) is 11.2. The predicted molar refractivity (Wildman–Crippen MR) is 50.6 cm³/mol. The molecule has 90 valence electrons. The minimum atomic E-state index is -4.31. The monoisotopic (exact) mass is 226 g/mol. The van der Waals surface area contributed by atoms with Crippen molar-refractivity contribution in [3.05, 3.63) is 0 Å². The van der Waals surface area contributed by atoms with E-state index in [0.717, 1.165) is 6.42 Å². The minimum Gasteiger partial charge on any atom is -0.372 e. The van der Waals surface area contributed by atoms with E-state index >= 15 is 0 Å². The van der Waals surface area contributed by atoms with Crippen LogP contribution in [0.2, 0.25) is 0 Å². The Kier molecular flexibility index (Phi) is 6.56. The zero-order valence-corrected chi connectivity index (χ0v) is 9.06. The topological polar surface area (TPSA) is 26.3 Å². The average Bonchev–Trinajstić information content (AvgIpc) is 2.11. The van der Waals surface area contributed by atoms with Crippen molar-refractivity contribution in [1.82, 2.24) is 0 Å². The Bertz CT molecular complexity index is 190. The molecule has 0 saturated heterocycles. The van der Waals surface area contributed by atoms with E-state index in [0.29, 0.717) is 12.3 Å². The van der Waals surface area contributed by atoms with E-state index in [1.165, 1.54) is 0 Å². The molecule has 0 rings (SSSR count). The number of carbonyl (C=O) groups excluding carboxylic acids is 1. The molecule has 0 N–H and O–H groups in total. The Morgan fingerprint density at radius 2 is 2.00 bits per heavy atom. The lowest BCUT2D eigenvalue weighted by molar-refractivity contribution is -0.174. The van der Waals surface area contributed by atoms with Gasteiger partial charge in [-0.1, -0.05) is 20.3 Å². The van der Waals surface area contributed by atoms with Crippen LogP contribution in [0.1, 0.15) is 33.1 Å². The van der Waals surface area contributed by atoms with Gasteiger partial charge in [-0.2, -0.15) is 13.2 Å². The fraction of sp³-hybridized carbons (Fsp3) is 0.900. The molecule has 0 spiro atoms. The first kappa shape index (κ1) is 14.4. The Balaban J connectivity index is 3.48. The highest BCUT2D eigenvalue weighted by Crippen LogP contribution is 2.14. The number of alkyl halides is 3. The van der Waals surface area contributed by atoms with Crippen LogP contribution in [-0.2, 0) is 9.53 Å². The third kappa shape index (κ3) is 9.72. The summed E-state index contributed by atoms with van der Waals surface area (Å²) in [6.07, 6.45) is -2.92. The summed E-state index contributed by atoms with van der Waals surface area (Å²) >= 11 is 0. The fourth-order valence-electron chi connectivity index (χ4n) is 1.01. The standard InChI is InChI=1S/C10H17F3O2/c1-3-8(2)6-9(14)4-5-15-7-10(11,12)13/h8H,3-7H2,1-2H3. The van der Waals surface area contributed by atoms with Gasteiger partial charge in [0.15, 0.2) is 0 Å². The van der Waals surface area contributed by atoms with E-state index < -0.39 is 12.8 Å². The molecule has 0 fully saturated rings. The zero-order chi connectivity index (χ0) is 11.9. The van der Waals surface area contributed by atoms with Crippen molar-refractivity contribution in [3.8, 4) is 0 Å². The van der Waals surface area contributed by atoms with Gasteiger partial charge in [-0.3, -0.25) is 4.79 Å². The van der Waals surface area contributed by atoms with Crippen molar-refractivity contribution >= 4 is 5.78 Å². The summed E-state index contributed by atoms with van der Waals surface area (Å²) in [6, 6.07) is 0. The molecule has 0 aliphatic rings. The van der Waals surface area contributed by atoms with E-state index in [9.17, 15) is 18.0 Å². The number of Topliss-reactive ketones (excluding diaryl/α,β-unsaturated/α-hetero) is 1. The van der Waals surface area contributed by atoms with Crippen molar-refractivity contribution in [2.24, 2.45) is 5.92 Å². The first-order valence-corrected chi connectivity index (χ1v) is 5.01. The molecular weight excluding hydrogens is 209 g/mol. The molecule has 0 aliphatic carbocycles. The molecule has 0 bridgehead atoms. The van der Waals surface area contributed by atoms with E-state index in [4.69, 9.17) is 0 Å². The molecule has 0 aromatic carbocycles. The number of carbonyl (C=O) groups is 1. The number of hydrogen-bond donors (Lipinski definition) is 0. The Morgan fingerprint density at radius 3 is 2.47 bits per heavy atom. The first-order valence-electron chi connectivity index (χ1n) is 5.01. The van der Waals surface area contributed by atoms with Crippen molar-refractivity contribution in [2.75, 3.05) is 13.2 Å². The SMILES string of the molecule is CCC(C)CC(=O)CCOCC(F)(F)F. The molecule has 0 heterocycles. The highest BCUT2D eigenvalue weighted by molar-refractivity contribution is 5.78. The maximum atomic E-state index is 11.6. The lowest BCUT2D eigenvalue weighted by Gasteiger charge is -2.08. The van der Waals surface area contributed by atoms with Crippen LogP contribution in [0.3, 0.4) is 0 Å². The molecule has 0 amide bonds. The fourth-order valence-corrected chi connectivity index (χ4v) is 1.01. The zero-order valence-electron chi connectivity index (χ0n) is 9.06. The van der Waals surface area contributed by atoms with Crippen LogP contribution in [0.15, 0.2) is 0 Å². The molecule has 2 nitrogen and oxygen atoms in total. The summed E-state index contributed by atoms with van der Waals surface area (Å²) in [6.45, 7) is 2.49. The number of rotatable bonds is 7. The van der Waals surface area contributed by atoms with Gasteiger partial charge in [0.25, 0.3) is 0 Å². The quantitative estimate of drug-likeness (QED) is 0.624. The molecule has 15 heavy (non-hydrogen) atoms. The summed E-state index contributed by atoms with van der Waals surface area (Å²) in [5.41, 5.74) is 0. The Hall–Kier alpha value is -0.580. The molecular formula is C10H17F3O2.